The maximum atomic E-state index is 15.1. The molecule has 32 heavy (non-hydrogen) atoms. The number of fused-ring (bicyclic) bond motifs is 1. The van der Waals surface area contributed by atoms with Gasteiger partial charge in [-0.2, -0.15) is 5.10 Å². The lowest BCUT2D eigenvalue weighted by Crippen LogP contribution is -2.21. The normalized spacial score (nSPS) is 19.2. The van der Waals surface area contributed by atoms with Gasteiger partial charge in [0.05, 0.1) is 30.3 Å². The molecule has 1 aliphatic rings. The summed E-state index contributed by atoms with van der Waals surface area (Å²) in [7, 11) is -8.07. The average Bonchev–Trinajstić information content (AvgIpc) is 3.32. The van der Waals surface area contributed by atoms with E-state index in [0.717, 1.165) is 25.7 Å². The number of nitrogens with zero attached hydrogens (tertiary/aromatic N) is 3. The first kappa shape index (κ1) is 25.5. The number of anilines is 1. The summed E-state index contributed by atoms with van der Waals surface area (Å²) in [5.74, 6) is -1.33. The van der Waals surface area contributed by atoms with Gasteiger partial charge in [-0.15, -0.1) is 0 Å². The molecule has 0 spiro atoms. The summed E-state index contributed by atoms with van der Waals surface area (Å²) in [6.07, 6.45) is 2.77. The zero-order chi connectivity index (χ0) is 23.5. The van der Waals surface area contributed by atoms with E-state index < -0.39 is 40.0 Å². The van der Waals surface area contributed by atoms with E-state index in [9.17, 15) is 14.0 Å². The highest BCUT2D eigenvalue weighted by Crippen LogP contribution is 2.55. The second-order valence-corrected chi connectivity index (χ2v) is 12.1. The van der Waals surface area contributed by atoms with Crippen molar-refractivity contribution in [2.45, 2.75) is 50.4 Å². The van der Waals surface area contributed by atoms with E-state index in [1.165, 1.54) is 17.8 Å². The first-order valence-corrected chi connectivity index (χ1v) is 13.9. The zero-order valence-corrected chi connectivity index (χ0v) is 19.8. The molecule has 180 valence electrons. The summed E-state index contributed by atoms with van der Waals surface area (Å²) in [5, 5.41) is 7.70. The van der Waals surface area contributed by atoms with Gasteiger partial charge in [0.15, 0.2) is 16.7 Å². The Morgan fingerprint density at radius 3 is 2.66 bits per heavy atom. The fourth-order valence-corrected chi connectivity index (χ4v) is 6.40. The topological polar surface area (TPSA) is 156 Å². The Kier molecular flexibility index (Phi) is 8.33. The van der Waals surface area contributed by atoms with Crippen molar-refractivity contribution in [3.8, 4) is 0 Å². The molecule has 0 radical (unpaired) electrons. The highest BCUT2D eigenvalue weighted by atomic mass is 35.5. The Hall–Kier alpha value is -1.10. The van der Waals surface area contributed by atoms with Crippen molar-refractivity contribution in [3.63, 3.8) is 0 Å². The van der Waals surface area contributed by atoms with Gasteiger partial charge in [-0.25, -0.2) is 13.9 Å². The van der Waals surface area contributed by atoms with Crippen LogP contribution in [0.3, 0.4) is 0 Å². The van der Waals surface area contributed by atoms with Crippen LogP contribution in [0.1, 0.15) is 44.0 Å². The second kappa shape index (κ2) is 10.4. The number of hydrogen-bond acceptors (Lipinski definition) is 7. The molecular weight excluding hydrogens is 489 g/mol. The quantitative estimate of drug-likeness (QED) is 0.327. The van der Waals surface area contributed by atoms with Crippen LogP contribution in [-0.2, 0) is 18.4 Å². The third-order valence-electron chi connectivity index (χ3n) is 5.13. The van der Waals surface area contributed by atoms with Crippen LogP contribution in [0.5, 0.6) is 0 Å². The molecule has 3 atom stereocenters. The molecule has 1 aliphatic carbocycles. The van der Waals surface area contributed by atoms with Gasteiger partial charge in [0.1, 0.15) is 6.17 Å². The van der Waals surface area contributed by atoms with E-state index in [-0.39, 0.29) is 23.3 Å². The van der Waals surface area contributed by atoms with E-state index in [2.05, 4.69) is 15.4 Å². The molecule has 0 saturated heterocycles. The van der Waals surface area contributed by atoms with Gasteiger partial charge < -0.3 is 29.3 Å². The Morgan fingerprint density at radius 2 is 2.03 bits per heavy atom. The van der Waals surface area contributed by atoms with E-state index in [1.54, 1.807) is 6.07 Å². The van der Waals surface area contributed by atoms with Crippen molar-refractivity contribution in [2.24, 2.45) is 0 Å². The molecule has 15 heteroatoms. The van der Waals surface area contributed by atoms with Crippen molar-refractivity contribution in [3.05, 3.63) is 23.1 Å². The van der Waals surface area contributed by atoms with Gasteiger partial charge in [0.25, 0.3) is 0 Å². The largest absolute Gasteiger partial charge is 0.379 e. The van der Waals surface area contributed by atoms with Crippen LogP contribution in [-0.4, -0.2) is 61.0 Å². The van der Waals surface area contributed by atoms with Crippen molar-refractivity contribution in [1.29, 1.82) is 0 Å². The molecule has 2 heterocycles. The van der Waals surface area contributed by atoms with Gasteiger partial charge >= 0.3 is 15.2 Å². The van der Waals surface area contributed by atoms with Crippen LogP contribution in [0.25, 0.3) is 5.65 Å². The summed E-state index contributed by atoms with van der Waals surface area (Å²) in [4.78, 5) is 31.6. The molecular formula is C17H26ClFN4O7P2. The average molecular weight is 515 g/mol. The molecule has 1 fully saturated rings. The van der Waals surface area contributed by atoms with Crippen molar-refractivity contribution in [1.82, 2.24) is 14.6 Å². The maximum Gasteiger partial charge on any atom is 0.340 e. The Morgan fingerprint density at radius 1 is 1.34 bits per heavy atom. The highest BCUT2D eigenvalue weighted by Gasteiger charge is 2.32. The van der Waals surface area contributed by atoms with Crippen LogP contribution in [0, 0.1) is 0 Å². The third kappa shape index (κ3) is 6.95. The number of methoxy groups -OCH3 is 1. The van der Waals surface area contributed by atoms with Crippen molar-refractivity contribution < 1.29 is 37.5 Å². The predicted molar refractivity (Wildman–Crippen MR) is 116 cm³/mol. The van der Waals surface area contributed by atoms with Gasteiger partial charge in [-0.05, 0) is 12.8 Å². The molecule has 0 bridgehead atoms. The van der Waals surface area contributed by atoms with Crippen LogP contribution in [0.4, 0.5) is 10.1 Å². The van der Waals surface area contributed by atoms with Crippen molar-refractivity contribution in [2.75, 3.05) is 24.9 Å². The first-order chi connectivity index (χ1) is 15.0. The number of alkyl halides is 1. The maximum absolute atomic E-state index is 15.1. The number of aromatic nitrogens is 3. The van der Waals surface area contributed by atoms with E-state index in [4.69, 9.17) is 30.6 Å². The van der Waals surface area contributed by atoms with Gasteiger partial charge in [0, 0.05) is 25.6 Å². The number of hydrogen-bond donors (Lipinski definition) is 4. The molecule has 0 amide bonds. The summed E-state index contributed by atoms with van der Waals surface area (Å²) < 4.78 is 49.0. The van der Waals surface area contributed by atoms with Crippen LogP contribution in [0.2, 0.25) is 5.15 Å². The zero-order valence-electron chi connectivity index (χ0n) is 17.3. The van der Waals surface area contributed by atoms with E-state index in [0.29, 0.717) is 11.3 Å². The molecule has 0 aromatic carbocycles. The van der Waals surface area contributed by atoms with Gasteiger partial charge in [-0.1, -0.05) is 24.4 Å². The lowest BCUT2D eigenvalue weighted by Gasteiger charge is -2.20. The van der Waals surface area contributed by atoms with Crippen molar-refractivity contribution >= 4 is 38.1 Å². The molecule has 4 N–H and O–H groups in total. The minimum Gasteiger partial charge on any atom is -0.379 e. The second-order valence-electron chi connectivity index (χ2n) is 7.73. The first-order valence-electron chi connectivity index (χ1n) is 9.96. The smallest absolute Gasteiger partial charge is 0.340 e. The van der Waals surface area contributed by atoms with Gasteiger partial charge in [0.2, 0.25) is 0 Å². The lowest BCUT2D eigenvalue weighted by molar-refractivity contribution is 0.0302. The number of rotatable bonds is 11. The Balaban J connectivity index is 1.71. The number of imidazole rings is 1. The number of nitrogens with one attached hydrogen (secondary N) is 1. The monoisotopic (exact) mass is 514 g/mol. The fourth-order valence-electron chi connectivity index (χ4n) is 3.62. The molecule has 2 aromatic heterocycles. The summed E-state index contributed by atoms with van der Waals surface area (Å²) in [5.41, 5.74) is 1.19. The molecule has 11 nitrogen and oxygen atoms in total. The third-order valence-corrected chi connectivity index (χ3v) is 8.77. The lowest BCUT2D eigenvalue weighted by atomic mass is 10.1. The predicted octanol–water partition coefficient (Wildman–Crippen LogP) is 3.49. The summed E-state index contributed by atoms with van der Waals surface area (Å²) >= 11 is 6.14. The molecule has 1 unspecified atom stereocenters. The van der Waals surface area contributed by atoms with E-state index in [1.807, 2.05) is 0 Å². The van der Waals surface area contributed by atoms with Gasteiger partial charge in [-0.3, -0.25) is 9.13 Å². The Bertz CT molecular complexity index is 1030. The SMILES string of the molecule is CO[C@H](COP(=O)(O)CP(=O)(O)O)C[C@H](F)c1cnc2c(NC3CCCC3)cc(Cl)nn12. The molecule has 3 rings (SSSR count). The summed E-state index contributed by atoms with van der Waals surface area (Å²) in [6, 6.07) is 1.93. The Labute approximate surface area is 189 Å². The van der Waals surface area contributed by atoms with Crippen LogP contribution < -0.4 is 5.32 Å². The number of halogens is 2. The molecule has 1 saturated carbocycles. The number of ether oxygens (including phenoxy) is 1. The molecule has 2 aromatic rings. The molecule has 0 aliphatic heterocycles. The standard InChI is InChI=1S/C17H26ClFN4O7P2/c1-29-12(9-30-32(27,28)10-31(24,25)26)6-13(19)15-8-20-17-14(7-16(18)22-23(15)17)21-11-4-2-3-5-11/h7-8,11-13,21H,2-6,9-10H2,1H3,(H,27,28)(H2,24,25,26)/t12-,13-/m0/s1. The van der Waals surface area contributed by atoms with Crippen LogP contribution >= 0.6 is 26.8 Å². The minimum absolute atomic E-state index is 0.112. The van der Waals surface area contributed by atoms with E-state index >= 15 is 4.39 Å². The van der Waals surface area contributed by atoms with Crippen LogP contribution in [0.15, 0.2) is 12.3 Å². The summed E-state index contributed by atoms with van der Waals surface area (Å²) in [6.45, 7) is -0.538. The fraction of sp³-hybridized carbons (Fsp3) is 0.647. The minimum atomic E-state index is -4.76. The highest BCUT2D eigenvalue weighted by molar-refractivity contribution is 7.70.